The van der Waals surface area contributed by atoms with E-state index in [2.05, 4.69) is 0 Å². The van der Waals surface area contributed by atoms with Gasteiger partial charge in [-0.2, -0.15) is 0 Å². The molecule has 0 aromatic heterocycles. The molecule has 28 heavy (non-hydrogen) atoms. The molecule has 0 saturated carbocycles. The van der Waals surface area contributed by atoms with Gasteiger partial charge in [0.25, 0.3) is 0 Å². The van der Waals surface area contributed by atoms with E-state index in [0.717, 1.165) is 22.3 Å². The van der Waals surface area contributed by atoms with E-state index in [1.807, 2.05) is 60.7 Å². The van der Waals surface area contributed by atoms with Crippen molar-refractivity contribution < 1.29 is 19.1 Å². The van der Waals surface area contributed by atoms with Gasteiger partial charge in [0.15, 0.2) is 0 Å². The molecule has 2 aromatic carbocycles. The minimum Gasteiger partial charge on any atom is -0.463 e. The zero-order valence-electron chi connectivity index (χ0n) is 16.0. The molecule has 0 heterocycles. The van der Waals surface area contributed by atoms with Crippen LogP contribution in [0.3, 0.4) is 0 Å². The minimum atomic E-state index is -0.437. The van der Waals surface area contributed by atoms with Gasteiger partial charge in [-0.05, 0) is 47.3 Å². The van der Waals surface area contributed by atoms with Crippen LogP contribution >= 0.6 is 0 Å². The van der Waals surface area contributed by atoms with E-state index in [1.54, 1.807) is 13.8 Å². The van der Waals surface area contributed by atoms with E-state index in [9.17, 15) is 9.59 Å². The highest BCUT2D eigenvalue weighted by Crippen LogP contribution is 2.51. The lowest BCUT2D eigenvalue weighted by molar-refractivity contribution is -0.138. The van der Waals surface area contributed by atoms with Gasteiger partial charge in [0.2, 0.25) is 0 Å². The third-order valence-corrected chi connectivity index (χ3v) is 4.30. The number of ether oxygens (including phenoxy) is 2. The molecule has 0 spiro atoms. The Morgan fingerprint density at radius 2 is 1.04 bits per heavy atom. The van der Waals surface area contributed by atoms with Crippen molar-refractivity contribution in [2.45, 2.75) is 13.8 Å². The van der Waals surface area contributed by atoms with Crippen LogP contribution in [0, 0.1) is 0 Å². The highest BCUT2D eigenvalue weighted by atomic mass is 16.5. The maximum Gasteiger partial charge on any atom is 0.331 e. The molecule has 0 N–H and O–H groups in total. The van der Waals surface area contributed by atoms with Crippen LogP contribution in [0.1, 0.15) is 25.0 Å². The lowest BCUT2D eigenvalue weighted by atomic mass is 9.71. The Balaban J connectivity index is 2.21. The second-order valence-electron chi connectivity index (χ2n) is 6.10. The average molecular weight is 374 g/mol. The Labute approximate surface area is 164 Å². The van der Waals surface area contributed by atoms with Crippen molar-refractivity contribution in [1.82, 2.24) is 0 Å². The molecule has 0 fully saturated rings. The fourth-order valence-corrected chi connectivity index (χ4v) is 3.19. The summed E-state index contributed by atoms with van der Waals surface area (Å²) in [5.41, 5.74) is 5.12. The quantitative estimate of drug-likeness (QED) is 0.548. The van der Waals surface area contributed by atoms with Crippen LogP contribution < -0.4 is 0 Å². The molecule has 2 aromatic rings. The van der Waals surface area contributed by atoms with E-state index >= 15 is 0 Å². The van der Waals surface area contributed by atoms with E-state index in [0.29, 0.717) is 11.1 Å². The summed E-state index contributed by atoms with van der Waals surface area (Å²) < 4.78 is 10.2. The summed E-state index contributed by atoms with van der Waals surface area (Å²) in [5.74, 6) is -0.874. The molecule has 4 nitrogen and oxygen atoms in total. The van der Waals surface area contributed by atoms with Gasteiger partial charge in [-0.3, -0.25) is 0 Å². The molecule has 0 bridgehead atoms. The second-order valence-corrected chi connectivity index (χ2v) is 6.10. The summed E-state index contributed by atoms with van der Waals surface area (Å²) in [6, 6.07) is 19.6. The van der Waals surface area contributed by atoms with Crippen molar-refractivity contribution in [2.75, 3.05) is 13.2 Å². The maximum atomic E-state index is 12.2. The molecular formula is C24H22O4. The lowest BCUT2D eigenvalue weighted by Crippen LogP contribution is -2.16. The number of carbonyl (C=O) groups excluding carboxylic acids is 2. The summed E-state index contributed by atoms with van der Waals surface area (Å²) in [5, 5.41) is 0. The van der Waals surface area contributed by atoms with Gasteiger partial charge < -0.3 is 9.47 Å². The predicted molar refractivity (Wildman–Crippen MR) is 109 cm³/mol. The summed E-state index contributed by atoms with van der Waals surface area (Å²) in [7, 11) is 0. The lowest BCUT2D eigenvalue weighted by Gasteiger charge is -2.31. The van der Waals surface area contributed by atoms with Gasteiger partial charge in [0.1, 0.15) is 0 Å². The minimum absolute atomic E-state index is 0.287. The van der Waals surface area contributed by atoms with Crippen LogP contribution in [0.2, 0.25) is 0 Å². The number of rotatable bonds is 6. The van der Waals surface area contributed by atoms with Gasteiger partial charge in [-0.15, -0.1) is 0 Å². The first-order valence-electron chi connectivity index (χ1n) is 9.28. The first-order chi connectivity index (χ1) is 13.7. The van der Waals surface area contributed by atoms with E-state index in [1.165, 1.54) is 12.2 Å². The number of hydrogen-bond donors (Lipinski definition) is 0. The molecule has 0 saturated heterocycles. The SMILES string of the molecule is CCOC(=O)/C=C1C(c2ccccc2)=C(c2ccccc2)C/1=C/C(=O)OCC. The van der Waals surface area contributed by atoms with Gasteiger partial charge in [0.05, 0.1) is 13.2 Å². The molecular weight excluding hydrogens is 352 g/mol. The standard InChI is InChI=1S/C24H22O4/c1-3-27-21(25)15-19-20(16-22(26)28-4-2)24(18-13-9-6-10-14-18)23(19)17-11-7-5-8-12-17/h5-16H,3-4H2,1-2H3/b19-15+,20-16+. The van der Waals surface area contributed by atoms with Crippen LogP contribution in [-0.4, -0.2) is 25.2 Å². The van der Waals surface area contributed by atoms with Crippen LogP contribution in [-0.2, 0) is 19.1 Å². The molecule has 1 aliphatic carbocycles. The van der Waals surface area contributed by atoms with Crippen molar-refractivity contribution in [3.05, 3.63) is 95.1 Å². The second kappa shape index (κ2) is 9.00. The number of benzene rings is 2. The monoisotopic (exact) mass is 374 g/mol. The Hall–Kier alpha value is -3.40. The number of carbonyl (C=O) groups is 2. The third kappa shape index (κ3) is 4.12. The van der Waals surface area contributed by atoms with Crippen LogP contribution in [0.4, 0.5) is 0 Å². The molecule has 142 valence electrons. The average Bonchev–Trinajstić information content (AvgIpc) is 2.70. The van der Waals surface area contributed by atoms with Gasteiger partial charge in [-0.25, -0.2) is 9.59 Å². The third-order valence-electron chi connectivity index (χ3n) is 4.30. The Kier molecular flexibility index (Phi) is 6.22. The first kappa shape index (κ1) is 19.4. The predicted octanol–water partition coefficient (Wildman–Crippen LogP) is 4.59. The van der Waals surface area contributed by atoms with E-state index < -0.39 is 11.9 Å². The zero-order valence-corrected chi connectivity index (χ0v) is 16.0. The fourth-order valence-electron chi connectivity index (χ4n) is 3.19. The number of allylic oxidation sites excluding steroid dienone is 4. The Bertz CT molecular complexity index is 871. The van der Waals surface area contributed by atoms with Crippen molar-refractivity contribution in [1.29, 1.82) is 0 Å². The Morgan fingerprint density at radius 1 is 0.679 bits per heavy atom. The van der Waals surface area contributed by atoms with Crippen molar-refractivity contribution in [2.24, 2.45) is 0 Å². The van der Waals surface area contributed by atoms with E-state index in [-0.39, 0.29) is 13.2 Å². The Morgan fingerprint density at radius 3 is 1.36 bits per heavy atom. The molecule has 4 heteroatoms. The molecule has 0 unspecified atom stereocenters. The molecule has 0 aliphatic heterocycles. The fraction of sp³-hybridized carbons (Fsp3) is 0.167. The summed E-state index contributed by atoms with van der Waals surface area (Å²) in [6.45, 7) is 4.09. The molecule has 0 amide bonds. The summed E-state index contributed by atoms with van der Waals surface area (Å²) >= 11 is 0. The smallest absolute Gasteiger partial charge is 0.331 e. The van der Waals surface area contributed by atoms with Crippen molar-refractivity contribution in [3.63, 3.8) is 0 Å². The highest BCUT2D eigenvalue weighted by Gasteiger charge is 2.33. The van der Waals surface area contributed by atoms with Gasteiger partial charge in [-0.1, -0.05) is 60.7 Å². The number of hydrogen-bond acceptors (Lipinski definition) is 4. The molecule has 1 aliphatic rings. The van der Waals surface area contributed by atoms with E-state index in [4.69, 9.17) is 9.47 Å². The molecule has 3 rings (SSSR count). The van der Waals surface area contributed by atoms with Crippen LogP contribution in [0.5, 0.6) is 0 Å². The normalized spacial score (nSPS) is 16.1. The van der Waals surface area contributed by atoms with Crippen molar-refractivity contribution in [3.8, 4) is 0 Å². The maximum absolute atomic E-state index is 12.2. The topological polar surface area (TPSA) is 52.6 Å². The highest BCUT2D eigenvalue weighted by molar-refractivity contribution is 6.21. The largest absolute Gasteiger partial charge is 0.463 e. The molecule has 0 atom stereocenters. The van der Waals surface area contributed by atoms with Crippen LogP contribution in [0.25, 0.3) is 11.1 Å². The van der Waals surface area contributed by atoms with Gasteiger partial charge >= 0.3 is 11.9 Å². The summed E-state index contributed by atoms with van der Waals surface area (Å²) in [6.07, 6.45) is 2.90. The zero-order chi connectivity index (χ0) is 19.9. The summed E-state index contributed by atoms with van der Waals surface area (Å²) in [4.78, 5) is 24.3. The first-order valence-corrected chi connectivity index (χ1v) is 9.28. The molecule has 0 radical (unpaired) electrons. The van der Waals surface area contributed by atoms with Crippen molar-refractivity contribution >= 4 is 23.1 Å². The number of esters is 2. The van der Waals surface area contributed by atoms with Gasteiger partial charge in [0, 0.05) is 12.2 Å². The van der Waals surface area contributed by atoms with Crippen LogP contribution in [0.15, 0.2) is 84.0 Å².